The first kappa shape index (κ1) is 101. The molecule has 0 heterocycles. The van der Waals surface area contributed by atoms with Gasteiger partial charge in [0, 0.05) is 0 Å². The van der Waals surface area contributed by atoms with Gasteiger partial charge in [0.05, 0.1) is 0 Å². The third-order valence-corrected chi connectivity index (χ3v) is 0. The molecule has 12 heteroatoms. The fourth-order valence-corrected chi connectivity index (χ4v) is 0. The first-order valence-corrected chi connectivity index (χ1v) is 0. The van der Waals surface area contributed by atoms with Crippen molar-refractivity contribution in [3.8, 4) is 0 Å². The van der Waals surface area contributed by atoms with Crippen molar-refractivity contribution in [3.63, 3.8) is 0 Å². The molecule has 0 bridgehead atoms. The van der Waals surface area contributed by atoms with Crippen LogP contribution >= 0.6 is 0 Å². The van der Waals surface area contributed by atoms with E-state index in [1.165, 1.54) is 0 Å². The Kier molecular flexibility index (Phi) is 730. The summed E-state index contributed by atoms with van der Waals surface area (Å²) in [4.78, 5) is 0. The summed E-state index contributed by atoms with van der Waals surface area (Å²) in [6.07, 6.45) is 0. The van der Waals surface area contributed by atoms with E-state index in [2.05, 4.69) is 0 Å². The zero-order valence-electron chi connectivity index (χ0n) is 8.27. The van der Waals surface area contributed by atoms with Gasteiger partial charge in [-0.2, -0.15) is 0 Å². The number of hydrogen-bond acceptors (Lipinski definition) is 0. The first-order valence-electron chi connectivity index (χ1n) is 0. The van der Waals surface area contributed by atoms with Crippen LogP contribution in [0.4, 0.5) is 0 Å². The van der Waals surface area contributed by atoms with Crippen molar-refractivity contribution in [3.05, 3.63) is 0 Å². The average molecular weight is 349 g/mol. The van der Waals surface area contributed by atoms with E-state index in [1.54, 1.807) is 0 Å². The summed E-state index contributed by atoms with van der Waals surface area (Å²) in [5.74, 6) is 0. The van der Waals surface area contributed by atoms with Crippen LogP contribution in [-0.2, 0) is 0 Å². The van der Waals surface area contributed by atoms with Crippen LogP contribution in [0.5, 0.6) is 0 Å². The van der Waals surface area contributed by atoms with Gasteiger partial charge in [-0.05, 0) is 0 Å². The number of rotatable bonds is 0. The van der Waals surface area contributed by atoms with Crippen molar-refractivity contribution in [2.45, 2.75) is 0 Å². The molecule has 0 spiro atoms. The SMILES string of the molecule is [F-].[F-].[F-].[F-].[F-].[F-].[K+].[K+].[K+].[K+].[K+].[K+]. The van der Waals surface area contributed by atoms with Gasteiger partial charge in [-0.25, -0.2) is 0 Å². The Bertz CT molecular complexity index is 12.0. The van der Waals surface area contributed by atoms with E-state index in [9.17, 15) is 0 Å². The number of halogens is 6. The van der Waals surface area contributed by atoms with E-state index in [1.807, 2.05) is 0 Å². The molecule has 48 valence electrons. The largest absolute Gasteiger partial charge is 1.00 e. The molecule has 0 rings (SSSR count). The first-order chi connectivity index (χ1) is 0. The molecule has 0 unspecified atom stereocenters. The molecule has 0 aromatic heterocycles. The van der Waals surface area contributed by atoms with E-state index in [0.717, 1.165) is 0 Å². The minimum atomic E-state index is 0. The smallest absolute Gasteiger partial charge is 1.00 e. The fourth-order valence-electron chi connectivity index (χ4n) is 0. The minimum Gasteiger partial charge on any atom is -1.00 e. The molecule has 0 aromatic rings. The quantitative estimate of drug-likeness (QED) is 0.301. The van der Waals surface area contributed by atoms with Crippen molar-refractivity contribution in [2.75, 3.05) is 0 Å². The van der Waals surface area contributed by atoms with Gasteiger partial charge in [0.15, 0.2) is 0 Å². The summed E-state index contributed by atoms with van der Waals surface area (Å²) in [5, 5.41) is 0. The van der Waals surface area contributed by atoms with Gasteiger partial charge in [0.25, 0.3) is 0 Å². The van der Waals surface area contributed by atoms with E-state index in [-0.39, 0.29) is 337 Å². The average Bonchev–Trinajstić information content (AvgIpc) is 0. The third-order valence-electron chi connectivity index (χ3n) is 0. The van der Waals surface area contributed by atoms with Gasteiger partial charge in [-0.15, -0.1) is 0 Å². The fraction of sp³-hybridized carbons (Fsp3) is 0. The summed E-state index contributed by atoms with van der Waals surface area (Å²) < 4.78 is 0. The van der Waals surface area contributed by atoms with Gasteiger partial charge in [0.2, 0.25) is 0 Å². The van der Waals surface area contributed by atoms with Crippen LogP contribution in [0, 0.1) is 0 Å². The maximum Gasteiger partial charge on any atom is 1.00 e. The van der Waals surface area contributed by atoms with E-state index in [4.69, 9.17) is 0 Å². The predicted octanol–water partition coefficient (Wildman–Crippen LogP) is -36.0. The van der Waals surface area contributed by atoms with Crippen LogP contribution in [0.15, 0.2) is 0 Å². The normalized spacial score (nSPS) is 0. The van der Waals surface area contributed by atoms with Crippen molar-refractivity contribution in [1.82, 2.24) is 0 Å². The topological polar surface area (TPSA) is 0 Å². The van der Waals surface area contributed by atoms with E-state index >= 15 is 0 Å². The Balaban J connectivity index is 0. The van der Waals surface area contributed by atoms with Crippen LogP contribution < -0.4 is 337 Å². The molecule has 0 aliphatic rings. The standard InChI is InChI=1S/6FH.6K/h6*1H;;;;;;/q;;;;;;6*+1/p-6. The number of hydrogen-bond donors (Lipinski definition) is 0. The summed E-state index contributed by atoms with van der Waals surface area (Å²) in [6, 6.07) is 0. The maximum atomic E-state index is 0. The van der Waals surface area contributed by atoms with Gasteiger partial charge in [0.1, 0.15) is 0 Å². The molecule has 0 fully saturated rings. The molecular formula is F6K6. The predicted molar refractivity (Wildman–Crippen MR) is 0 cm³/mol. The molecule has 0 atom stereocenters. The Morgan fingerprint density at radius 1 is 0.167 bits per heavy atom. The zero-order chi connectivity index (χ0) is 0. The molecule has 0 aliphatic carbocycles. The Labute approximate surface area is 323 Å². The second kappa shape index (κ2) is 86.9. The van der Waals surface area contributed by atoms with Gasteiger partial charge in [-0.1, -0.05) is 0 Å². The van der Waals surface area contributed by atoms with Crippen molar-refractivity contribution in [1.29, 1.82) is 0 Å². The Morgan fingerprint density at radius 2 is 0.167 bits per heavy atom. The Hall–Kier alpha value is 9.40. The van der Waals surface area contributed by atoms with Crippen molar-refractivity contribution in [2.24, 2.45) is 0 Å². The third kappa shape index (κ3) is 74.3. The van der Waals surface area contributed by atoms with E-state index < -0.39 is 0 Å². The molecule has 0 aromatic carbocycles. The van der Waals surface area contributed by atoms with Gasteiger partial charge >= 0.3 is 308 Å². The van der Waals surface area contributed by atoms with Crippen LogP contribution in [-0.4, -0.2) is 0 Å². The summed E-state index contributed by atoms with van der Waals surface area (Å²) in [6.45, 7) is 0. The summed E-state index contributed by atoms with van der Waals surface area (Å²) in [7, 11) is 0. The molecule has 0 N–H and O–H groups in total. The molecule has 0 amide bonds. The van der Waals surface area contributed by atoms with E-state index in [0.29, 0.717) is 0 Å². The molecule has 0 radical (unpaired) electrons. The summed E-state index contributed by atoms with van der Waals surface area (Å²) in [5.41, 5.74) is 0. The molecule has 12 heavy (non-hydrogen) atoms. The second-order valence-electron chi connectivity index (χ2n) is 0. The molecule has 0 saturated carbocycles. The minimum absolute atomic E-state index is 0. The van der Waals surface area contributed by atoms with Gasteiger partial charge in [-0.3, -0.25) is 0 Å². The molecular weight excluding hydrogens is 349 g/mol. The van der Waals surface area contributed by atoms with Gasteiger partial charge < -0.3 is 28.2 Å². The van der Waals surface area contributed by atoms with Crippen molar-refractivity contribution < 1.29 is 337 Å². The second-order valence-corrected chi connectivity index (χ2v) is 0. The zero-order valence-corrected chi connectivity index (χ0v) is 27.0. The molecule has 0 saturated heterocycles. The maximum absolute atomic E-state index is 0. The van der Waals surface area contributed by atoms with Crippen LogP contribution in [0.1, 0.15) is 0 Å². The molecule has 0 aliphatic heterocycles. The monoisotopic (exact) mass is 348 g/mol. The Morgan fingerprint density at radius 3 is 0.167 bits per heavy atom. The summed E-state index contributed by atoms with van der Waals surface area (Å²) >= 11 is 0. The van der Waals surface area contributed by atoms with Crippen molar-refractivity contribution >= 4 is 0 Å². The molecule has 0 nitrogen and oxygen atoms in total. The van der Waals surface area contributed by atoms with Crippen LogP contribution in [0.25, 0.3) is 0 Å². The van der Waals surface area contributed by atoms with Crippen LogP contribution in [0.2, 0.25) is 0 Å². The van der Waals surface area contributed by atoms with Crippen LogP contribution in [0.3, 0.4) is 0 Å².